The second-order valence-electron chi connectivity index (χ2n) is 10.6. The maximum absolute atomic E-state index is 13.5. The van der Waals surface area contributed by atoms with Crippen LogP contribution in [0.4, 0.5) is 0 Å². The van der Waals surface area contributed by atoms with Crippen LogP contribution in [-0.4, -0.2) is 79.0 Å². The van der Waals surface area contributed by atoms with Gasteiger partial charge < -0.3 is 41.9 Å². The van der Waals surface area contributed by atoms with Crippen molar-refractivity contribution in [3.05, 3.63) is 90.1 Å². The number of fused-ring (bicyclic) bond motifs is 1. The minimum atomic E-state index is -1.41. The summed E-state index contributed by atoms with van der Waals surface area (Å²) in [6, 6.07) is 11.2. The second-order valence-corrected chi connectivity index (χ2v) is 10.6. The largest absolute Gasteiger partial charge is 0.481 e. The Kier molecular flexibility index (Phi) is 11.0. The van der Waals surface area contributed by atoms with Gasteiger partial charge in [-0.3, -0.25) is 19.2 Å². The van der Waals surface area contributed by atoms with Crippen LogP contribution in [0.5, 0.6) is 0 Å². The van der Waals surface area contributed by atoms with E-state index < -0.39 is 60.2 Å². The highest BCUT2D eigenvalue weighted by Gasteiger charge is 2.31. The molecule has 0 aliphatic rings. The summed E-state index contributed by atoms with van der Waals surface area (Å²) < 4.78 is 0. The molecule has 0 saturated heterocycles. The number of para-hydroxylation sites is 1. The first-order valence-electron chi connectivity index (χ1n) is 14.3. The molecular formula is C31H35N7O7. The first kappa shape index (κ1) is 32.4. The van der Waals surface area contributed by atoms with Crippen molar-refractivity contribution in [3.8, 4) is 0 Å². The predicted molar refractivity (Wildman–Crippen MR) is 163 cm³/mol. The molecule has 0 fully saturated rings. The van der Waals surface area contributed by atoms with Gasteiger partial charge >= 0.3 is 11.9 Å². The highest BCUT2D eigenvalue weighted by Crippen LogP contribution is 2.19. The summed E-state index contributed by atoms with van der Waals surface area (Å²) in [7, 11) is 0. The molecule has 4 unspecified atom stereocenters. The highest BCUT2D eigenvalue weighted by atomic mass is 16.4. The third-order valence-corrected chi connectivity index (χ3v) is 7.24. The van der Waals surface area contributed by atoms with Gasteiger partial charge in [-0.2, -0.15) is 0 Å². The molecule has 14 nitrogen and oxygen atoms in total. The fraction of sp³-hybridized carbons (Fsp3) is 0.290. The van der Waals surface area contributed by atoms with E-state index in [4.69, 9.17) is 5.73 Å². The number of carbonyl (C=O) groups excluding carboxylic acids is 3. The van der Waals surface area contributed by atoms with E-state index >= 15 is 0 Å². The number of nitrogens with two attached hydrogens (primary N) is 1. The minimum absolute atomic E-state index is 0.0334. The fourth-order valence-electron chi connectivity index (χ4n) is 4.87. The van der Waals surface area contributed by atoms with Crippen LogP contribution in [0, 0.1) is 0 Å². The van der Waals surface area contributed by atoms with Crippen LogP contribution in [0.15, 0.2) is 73.3 Å². The van der Waals surface area contributed by atoms with Gasteiger partial charge in [0.1, 0.15) is 18.1 Å². The average molecular weight is 618 g/mol. The molecule has 0 spiro atoms. The van der Waals surface area contributed by atoms with Gasteiger partial charge in [-0.1, -0.05) is 48.5 Å². The number of amides is 3. The van der Waals surface area contributed by atoms with E-state index in [2.05, 4.69) is 30.9 Å². The summed E-state index contributed by atoms with van der Waals surface area (Å²) in [5, 5.41) is 27.4. The molecule has 2 aromatic carbocycles. The average Bonchev–Trinajstić information content (AvgIpc) is 3.69. The van der Waals surface area contributed by atoms with E-state index in [1.54, 1.807) is 36.5 Å². The smallest absolute Gasteiger partial charge is 0.326 e. The predicted octanol–water partition coefficient (Wildman–Crippen LogP) is 0.650. The number of carbonyl (C=O) groups is 5. The molecule has 4 rings (SSSR count). The van der Waals surface area contributed by atoms with Gasteiger partial charge in [-0.15, -0.1) is 0 Å². The number of nitrogens with zero attached hydrogens (tertiary/aromatic N) is 1. The fourth-order valence-corrected chi connectivity index (χ4v) is 4.87. The molecule has 3 amide bonds. The molecule has 2 aromatic heterocycles. The Morgan fingerprint density at radius 2 is 1.44 bits per heavy atom. The number of hydrogen-bond donors (Lipinski definition) is 8. The number of benzene rings is 2. The zero-order valence-corrected chi connectivity index (χ0v) is 24.2. The molecule has 4 atom stereocenters. The third-order valence-electron chi connectivity index (χ3n) is 7.24. The van der Waals surface area contributed by atoms with E-state index in [0.29, 0.717) is 11.3 Å². The second kappa shape index (κ2) is 15.3. The van der Waals surface area contributed by atoms with Gasteiger partial charge in [0.05, 0.1) is 12.4 Å². The summed E-state index contributed by atoms with van der Waals surface area (Å²) in [4.78, 5) is 73.2. The van der Waals surface area contributed by atoms with Crippen LogP contribution in [0.25, 0.3) is 10.9 Å². The molecule has 0 saturated carbocycles. The lowest BCUT2D eigenvalue weighted by molar-refractivity contribution is -0.143. The lowest BCUT2D eigenvalue weighted by atomic mass is 10.0. The Bertz CT molecular complexity index is 1620. The third kappa shape index (κ3) is 9.24. The Balaban J connectivity index is 1.48. The minimum Gasteiger partial charge on any atom is -0.481 e. The Hall–Kier alpha value is -5.50. The number of imidazole rings is 1. The zero-order valence-electron chi connectivity index (χ0n) is 24.2. The molecule has 236 valence electrons. The van der Waals surface area contributed by atoms with Crippen molar-refractivity contribution >= 4 is 40.6 Å². The van der Waals surface area contributed by atoms with Crippen LogP contribution in [0.3, 0.4) is 0 Å². The van der Waals surface area contributed by atoms with Gasteiger partial charge in [0.25, 0.3) is 0 Å². The number of aromatic amines is 2. The van der Waals surface area contributed by atoms with Crippen LogP contribution >= 0.6 is 0 Å². The molecule has 0 aliphatic carbocycles. The van der Waals surface area contributed by atoms with E-state index in [1.807, 2.05) is 24.3 Å². The van der Waals surface area contributed by atoms with E-state index in [-0.39, 0.29) is 25.7 Å². The van der Waals surface area contributed by atoms with Crippen LogP contribution in [-0.2, 0) is 43.2 Å². The molecule has 0 bridgehead atoms. The van der Waals surface area contributed by atoms with Crippen LogP contribution in [0.1, 0.15) is 29.7 Å². The van der Waals surface area contributed by atoms with E-state index in [1.165, 1.54) is 12.5 Å². The molecule has 2 heterocycles. The first-order valence-corrected chi connectivity index (χ1v) is 14.3. The summed E-state index contributed by atoms with van der Waals surface area (Å²) in [6.07, 6.45) is 3.92. The van der Waals surface area contributed by atoms with Crippen molar-refractivity contribution < 1.29 is 34.2 Å². The SMILES string of the molecule is NC(Cc1c[nH]c2ccccc12)C(=O)NC(Cc1cnc[nH]1)C(=O)NC(CCC(=O)O)C(=O)NC(Cc1ccccc1)C(=O)O. The van der Waals surface area contributed by atoms with Crippen molar-refractivity contribution in [2.45, 2.75) is 56.3 Å². The van der Waals surface area contributed by atoms with Crippen LogP contribution < -0.4 is 21.7 Å². The van der Waals surface area contributed by atoms with Gasteiger partial charge in [0.2, 0.25) is 17.7 Å². The molecule has 14 heteroatoms. The number of aromatic nitrogens is 3. The van der Waals surface area contributed by atoms with Gasteiger partial charge in [-0.05, 0) is 30.0 Å². The van der Waals surface area contributed by atoms with E-state index in [0.717, 1.165) is 16.5 Å². The van der Waals surface area contributed by atoms with Crippen molar-refractivity contribution in [1.82, 2.24) is 30.9 Å². The maximum Gasteiger partial charge on any atom is 0.326 e. The molecular weight excluding hydrogens is 582 g/mol. The van der Waals surface area contributed by atoms with Crippen molar-refractivity contribution in [2.24, 2.45) is 5.73 Å². The van der Waals surface area contributed by atoms with Crippen molar-refractivity contribution in [3.63, 3.8) is 0 Å². The quantitative estimate of drug-likeness (QED) is 0.0880. The Morgan fingerprint density at radius 3 is 2.13 bits per heavy atom. The van der Waals surface area contributed by atoms with Crippen LogP contribution in [0.2, 0.25) is 0 Å². The number of nitrogens with one attached hydrogen (secondary N) is 5. The molecule has 9 N–H and O–H groups in total. The standard InChI is InChI=1S/C31H35N7O7/c32-22(13-19-15-34-23-9-5-4-8-21(19)23)28(41)37-25(14-20-16-33-17-35-20)30(43)36-24(10-11-27(39)40)29(42)38-26(31(44)45)12-18-6-2-1-3-7-18/h1-9,15-17,22,24-26,34H,10-14,32H2,(H,33,35)(H,36,43)(H,37,41)(H,38,42)(H,39,40)(H,44,45). The number of H-pyrrole nitrogens is 2. The van der Waals surface area contributed by atoms with Crippen molar-refractivity contribution in [2.75, 3.05) is 0 Å². The van der Waals surface area contributed by atoms with Gasteiger partial charge in [-0.25, -0.2) is 9.78 Å². The number of hydrogen-bond acceptors (Lipinski definition) is 7. The normalized spacial score (nSPS) is 13.7. The van der Waals surface area contributed by atoms with E-state index in [9.17, 15) is 34.2 Å². The molecule has 0 aliphatic heterocycles. The summed E-state index contributed by atoms with van der Waals surface area (Å²) >= 11 is 0. The summed E-state index contributed by atoms with van der Waals surface area (Å²) in [6.45, 7) is 0. The monoisotopic (exact) mass is 617 g/mol. The summed E-state index contributed by atoms with van der Waals surface area (Å²) in [5.74, 6) is -4.82. The first-order chi connectivity index (χ1) is 21.6. The molecule has 4 aromatic rings. The number of rotatable bonds is 16. The Labute approximate surface area is 257 Å². The topological polar surface area (TPSA) is 232 Å². The summed E-state index contributed by atoms with van der Waals surface area (Å²) in [5.41, 5.74) is 9.09. The molecule has 0 radical (unpaired) electrons. The molecule has 45 heavy (non-hydrogen) atoms. The van der Waals surface area contributed by atoms with Gasteiger partial charge in [0.15, 0.2) is 0 Å². The Morgan fingerprint density at radius 1 is 0.778 bits per heavy atom. The lowest BCUT2D eigenvalue weighted by Crippen LogP contribution is -2.58. The maximum atomic E-state index is 13.5. The number of carboxylic acid groups (broad SMARTS) is 2. The highest BCUT2D eigenvalue weighted by molar-refractivity contribution is 5.94. The lowest BCUT2D eigenvalue weighted by Gasteiger charge is -2.25. The van der Waals surface area contributed by atoms with Gasteiger partial charge in [0, 0.05) is 48.3 Å². The van der Waals surface area contributed by atoms with Crippen molar-refractivity contribution in [1.29, 1.82) is 0 Å². The zero-order chi connectivity index (χ0) is 32.3. The number of aliphatic carboxylic acids is 2. The number of carboxylic acids is 2.